The molecule has 38 heavy (non-hydrogen) atoms. The van der Waals surface area contributed by atoms with Gasteiger partial charge in [0.2, 0.25) is 0 Å². The first-order valence-electron chi connectivity index (χ1n) is 14.8. The second-order valence-corrected chi connectivity index (χ2v) is 15.0. The van der Waals surface area contributed by atoms with Crippen molar-refractivity contribution in [1.82, 2.24) is 0 Å². The van der Waals surface area contributed by atoms with Crippen molar-refractivity contribution in [2.75, 3.05) is 7.11 Å². The van der Waals surface area contributed by atoms with E-state index >= 15 is 0 Å². The van der Waals surface area contributed by atoms with Gasteiger partial charge in [-0.05, 0) is 96.4 Å². The molecule has 0 bridgehead atoms. The Labute approximate surface area is 229 Å². The van der Waals surface area contributed by atoms with Crippen LogP contribution in [0.1, 0.15) is 99.8 Å². The highest BCUT2D eigenvalue weighted by atomic mass is 16.5. The van der Waals surface area contributed by atoms with Gasteiger partial charge in [-0.2, -0.15) is 5.26 Å². The fraction of sp³-hybridized carbons (Fsp3) is 0.788. The van der Waals surface area contributed by atoms with Gasteiger partial charge >= 0.3 is 5.97 Å². The molecule has 0 aliphatic heterocycles. The van der Waals surface area contributed by atoms with Gasteiger partial charge < -0.3 is 9.84 Å². The Morgan fingerprint density at radius 2 is 1.79 bits per heavy atom. The molecule has 5 rings (SSSR count). The number of hydrogen-bond donors (Lipinski definition) is 1. The lowest BCUT2D eigenvalue weighted by Gasteiger charge is -2.70. The summed E-state index contributed by atoms with van der Waals surface area (Å²) in [6.45, 7) is 15.8. The van der Waals surface area contributed by atoms with Crippen LogP contribution in [0.15, 0.2) is 23.0 Å². The number of nitriles is 1. The van der Waals surface area contributed by atoms with Gasteiger partial charge in [-0.1, -0.05) is 54.0 Å². The zero-order valence-corrected chi connectivity index (χ0v) is 24.7. The summed E-state index contributed by atoms with van der Waals surface area (Å²) in [4.78, 5) is 27.2. The summed E-state index contributed by atoms with van der Waals surface area (Å²) in [5.41, 5.74) is 0.206. The standard InChI is InChI=1S/C33H47NO4/c1-19-9-12-33(17-25(36)38-8)14-13-32(7)27(26(33)20(19)2)22(35)15-24-30(5)16-21(18-34)28(37)29(3,4)23(30)10-11-31(24,32)6/h15,19-20,23,26-27,37H,9-14,16-17H2,1-8H3/t19-,20+,23+,26+,27-,30+,31-,32-,33-/m1/s1. The average molecular weight is 522 g/mol. The number of ether oxygens (including phenoxy) is 1. The Balaban J connectivity index is 1.67. The number of carbonyl (C=O) groups excluding carboxylic acids is 2. The van der Waals surface area contributed by atoms with Gasteiger partial charge in [-0.25, -0.2) is 0 Å². The molecular weight excluding hydrogens is 474 g/mol. The first-order valence-corrected chi connectivity index (χ1v) is 14.8. The SMILES string of the molecule is COC(=O)C[C@]12CC[C@@H](C)[C@H](C)[C@H]1[C@H]1C(=O)C=C3[C@@]4(C)CC(C#N)=C(O)C(C)(C)[C@@H]4CC[C@@]3(C)[C@]1(C)CC2. The number of allylic oxidation sites excluding steroid dienone is 4. The van der Waals surface area contributed by atoms with Gasteiger partial charge in [-0.15, -0.1) is 0 Å². The summed E-state index contributed by atoms with van der Waals surface area (Å²) in [5, 5.41) is 21.0. The van der Waals surface area contributed by atoms with Crippen LogP contribution < -0.4 is 0 Å². The van der Waals surface area contributed by atoms with E-state index in [4.69, 9.17) is 4.74 Å². The normalized spacial score (nSPS) is 47.5. The maximum atomic E-state index is 14.5. The molecule has 208 valence electrons. The molecule has 9 atom stereocenters. The van der Waals surface area contributed by atoms with Crippen LogP contribution in [0.3, 0.4) is 0 Å². The first-order chi connectivity index (χ1) is 17.6. The minimum absolute atomic E-state index is 0.122. The molecule has 0 aromatic carbocycles. The van der Waals surface area contributed by atoms with Crippen LogP contribution in [-0.4, -0.2) is 24.0 Å². The fourth-order valence-electron chi connectivity index (χ4n) is 11.0. The van der Waals surface area contributed by atoms with Gasteiger partial charge in [0.05, 0.1) is 25.2 Å². The highest BCUT2D eigenvalue weighted by Crippen LogP contribution is 2.75. The molecule has 5 heteroatoms. The van der Waals surface area contributed by atoms with Crippen molar-refractivity contribution in [2.45, 2.75) is 99.8 Å². The quantitative estimate of drug-likeness (QED) is 0.384. The van der Waals surface area contributed by atoms with Crippen molar-refractivity contribution in [2.24, 2.45) is 56.7 Å². The minimum atomic E-state index is -0.517. The predicted molar refractivity (Wildman–Crippen MR) is 147 cm³/mol. The molecule has 0 aromatic heterocycles. The number of methoxy groups -OCH3 is 1. The summed E-state index contributed by atoms with van der Waals surface area (Å²) in [7, 11) is 1.48. The highest BCUT2D eigenvalue weighted by molar-refractivity contribution is 5.95. The molecule has 0 unspecified atom stereocenters. The summed E-state index contributed by atoms with van der Waals surface area (Å²) in [5.74, 6) is 1.35. The zero-order chi connectivity index (χ0) is 28.1. The Morgan fingerprint density at radius 3 is 2.42 bits per heavy atom. The van der Waals surface area contributed by atoms with E-state index in [1.807, 2.05) is 6.08 Å². The molecule has 0 aromatic rings. The second kappa shape index (κ2) is 8.45. The van der Waals surface area contributed by atoms with Crippen molar-refractivity contribution >= 4 is 11.8 Å². The lowest BCUT2D eigenvalue weighted by atomic mass is 9.33. The number of hydrogen-bond acceptors (Lipinski definition) is 5. The maximum absolute atomic E-state index is 14.5. The third kappa shape index (κ3) is 3.27. The summed E-state index contributed by atoms with van der Waals surface area (Å²) < 4.78 is 5.19. The number of rotatable bonds is 2. The largest absolute Gasteiger partial charge is 0.511 e. The van der Waals surface area contributed by atoms with Gasteiger partial charge in [0.1, 0.15) is 5.76 Å². The molecule has 0 heterocycles. The number of carbonyl (C=O) groups is 2. The third-order valence-electron chi connectivity index (χ3n) is 13.4. The second-order valence-electron chi connectivity index (χ2n) is 15.0. The summed E-state index contributed by atoms with van der Waals surface area (Å²) in [6.07, 6.45) is 8.75. The number of aliphatic hydroxyl groups is 1. The van der Waals surface area contributed by atoms with Crippen molar-refractivity contribution in [3.8, 4) is 6.07 Å². The molecule has 1 N–H and O–H groups in total. The van der Waals surface area contributed by atoms with Crippen molar-refractivity contribution in [3.63, 3.8) is 0 Å². The van der Waals surface area contributed by atoms with Crippen molar-refractivity contribution in [1.29, 1.82) is 5.26 Å². The molecule has 0 radical (unpaired) electrons. The lowest BCUT2D eigenvalue weighted by Crippen LogP contribution is -2.65. The van der Waals surface area contributed by atoms with Crippen LogP contribution >= 0.6 is 0 Å². The van der Waals surface area contributed by atoms with Gasteiger partial charge in [0.25, 0.3) is 0 Å². The van der Waals surface area contributed by atoms with Gasteiger partial charge in [0, 0.05) is 11.3 Å². The monoisotopic (exact) mass is 521 g/mol. The highest BCUT2D eigenvalue weighted by Gasteiger charge is 2.70. The van der Waals surface area contributed by atoms with Crippen molar-refractivity contribution < 1.29 is 19.4 Å². The Bertz CT molecular complexity index is 1170. The molecule has 0 spiro atoms. The third-order valence-corrected chi connectivity index (χ3v) is 13.4. The van der Waals surface area contributed by atoms with Gasteiger partial charge in [-0.3, -0.25) is 9.59 Å². The van der Waals surface area contributed by atoms with Crippen LogP contribution in [0.2, 0.25) is 0 Å². The molecule has 5 aliphatic carbocycles. The Morgan fingerprint density at radius 1 is 1.11 bits per heavy atom. The summed E-state index contributed by atoms with van der Waals surface area (Å²) in [6, 6.07) is 2.30. The average Bonchev–Trinajstić information content (AvgIpc) is 2.86. The molecule has 3 fully saturated rings. The number of aliphatic hydroxyl groups excluding tert-OH is 1. The number of esters is 1. The topological polar surface area (TPSA) is 87.4 Å². The molecule has 0 saturated heterocycles. The zero-order valence-electron chi connectivity index (χ0n) is 24.7. The van der Waals surface area contributed by atoms with E-state index in [2.05, 4.69) is 54.5 Å². The van der Waals surface area contributed by atoms with Crippen LogP contribution in [0, 0.1) is 68.0 Å². The van der Waals surface area contributed by atoms with E-state index in [-0.39, 0.29) is 56.9 Å². The molecule has 0 amide bonds. The summed E-state index contributed by atoms with van der Waals surface area (Å²) >= 11 is 0. The Kier molecular flexibility index (Phi) is 6.11. The van der Waals surface area contributed by atoms with Crippen LogP contribution in [-0.2, 0) is 14.3 Å². The first kappa shape index (κ1) is 27.5. The lowest BCUT2D eigenvalue weighted by molar-refractivity contribution is -0.185. The van der Waals surface area contributed by atoms with E-state index < -0.39 is 5.41 Å². The van der Waals surface area contributed by atoms with E-state index in [1.54, 1.807) is 0 Å². The van der Waals surface area contributed by atoms with Crippen molar-refractivity contribution in [3.05, 3.63) is 23.0 Å². The number of nitrogens with zero attached hydrogens (tertiary/aromatic N) is 1. The molecule has 5 aliphatic rings. The van der Waals surface area contributed by atoms with E-state index in [1.165, 1.54) is 12.7 Å². The number of ketones is 1. The predicted octanol–water partition coefficient (Wildman–Crippen LogP) is 7.33. The van der Waals surface area contributed by atoms with Crippen LogP contribution in [0.25, 0.3) is 0 Å². The Hall–Kier alpha value is -2.09. The molecule has 3 saturated carbocycles. The van der Waals surface area contributed by atoms with Crippen LogP contribution in [0.4, 0.5) is 0 Å². The van der Waals surface area contributed by atoms with Gasteiger partial charge in [0.15, 0.2) is 5.78 Å². The fourth-order valence-corrected chi connectivity index (χ4v) is 11.0. The van der Waals surface area contributed by atoms with E-state index in [0.717, 1.165) is 38.5 Å². The molecule has 5 nitrogen and oxygen atoms in total. The minimum Gasteiger partial charge on any atom is -0.511 e. The maximum Gasteiger partial charge on any atom is 0.306 e. The van der Waals surface area contributed by atoms with E-state index in [9.17, 15) is 20.0 Å². The van der Waals surface area contributed by atoms with Crippen LogP contribution in [0.5, 0.6) is 0 Å². The number of fused-ring (bicyclic) bond motifs is 7. The molecular formula is C33H47NO4. The van der Waals surface area contributed by atoms with E-state index in [0.29, 0.717) is 30.3 Å². The smallest absolute Gasteiger partial charge is 0.306 e.